The molecule has 0 radical (unpaired) electrons. The topological polar surface area (TPSA) is 121 Å². The van der Waals surface area contributed by atoms with Gasteiger partial charge in [0.2, 0.25) is 0 Å². The molecule has 1 fully saturated rings. The maximum atomic E-state index is 11.4. The number of nitro groups is 1. The Balaban J connectivity index is 1.67. The molecular formula is C14H18N2O8. The van der Waals surface area contributed by atoms with Gasteiger partial charge in [0.05, 0.1) is 23.7 Å². The van der Waals surface area contributed by atoms with Gasteiger partial charge in [0.1, 0.15) is 18.6 Å². The number of benzene rings is 1. The molecule has 1 N–H and O–H groups in total. The average molecular weight is 342 g/mol. The zero-order valence-electron chi connectivity index (χ0n) is 12.9. The average Bonchev–Trinajstić information content (AvgIpc) is 3.07. The number of rotatable bonds is 9. The van der Waals surface area contributed by atoms with Gasteiger partial charge in [-0.1, -0.05) is 6.07 Å². The number of carbonyl (C=O) groups is 1. The first-order valence-electron chi connectivity index (χ1n) is 7.31. The number of hydrogen-bond acceptors (Lipinski definition) is 9. The summed E-state index contributed by atoms with van der Waals surface area (Å²) in [4.78, 5) is 36.2. The van der Waals surface area contributed by atoms with Crippen molar-refractivity contribution in [3.63, 3.8) is 0 Å². The third-order valence-corrected chi connectivity index (χ3v) is 3.11. The Kier molecular flexibility index (Phi) is 7.03. The van der Waals surface area contributed by atoms with Crippen LogP contribution in [0.1, 0.15) is 24.0 Å². The maximum Gasteiger partial charge on any atom is 0.330 e. The van der Waals surface area contributed by atoms with Crippen LogP contribution in [0.2, 0.25) is 0 Å². The summed E-state index contributed by atoms with van der Waals surface area (Å²) in [5.41, 5.74) is 0.714. The minimum Gasteiger partial charge on any atom is -0.391 e. The zero-order valence-corrected chi connectivity index (χ0v) is 12.9. The second-order valence-electron chi connectivity index (χ2n) is 4.89. The van der Waals surface area contributed by atoms with Gasteiger partial charge in [-0.3, -0.25) is 14.9 Å². The van der Waals surface area contributed by atoms with Crippen LogP contribution in [-0.4, -0.2) is 41.2 Å². The fourth-order valence-corrected chi connectivity index (χ4v) is 1.95. The van der Waals surface area contributed by atoms with E-state index in [2.05, 4.69) is 0 Å². The maximum absolute atomic E-state index is 11.4. The molecule has 24 heavy (non-hydrogen) atoms. The number of aliphatic hydroxyl groups excluding tert-OH is 1. The van der Waals surface area contributed by atoms with Crippen molar-refractivity contribution in [1.82, 2.24) is 5.39 Å². The molecule has 0 aliphatic carbocycles. The van der Waals surface area contributed by atoms with Crippen molar-refractivity contribution in [2.45, 2.75) is 26.1 Å². The van der Waals surface area contributed by atoms with Crippen molar-refractivity contribution < 1.29 is 34.1 Å². The second kappa shape index (κ2) is 9.25. The number of nitro benzene ring substituents is 1. The Hall–Kier alpha value is -2.11. The molecule has 1 saturated heterocycles. The van der Waals surface area contributed by atoms with Gasteiger partial charge in [-0.25, -0.2) is 9.68 Å². The molecule has 10 nitrogen and oxygen atoms in total. The Labute approximate surface area is 137 Å². The minimum atomic E-state index is -0.548. The molecule has 1 aromatic carbocycles. The minimum absolute atomic E-state index is 0.118. The highest BCUT2D eigenvalue weighted by atomic mass is 17.2. The summed E-state index contributed by atoms with van der Waals surface area (Å²) in [6, 6.07) is 4.50. The van der Waals surface area contributed by atoms with Crippen LogP contribution in [0.4, 0.5) is 5.69 Å². The van der Waals surface area contributed by atoms with Crippen LogP contribution in [0.3, 0.4) is 0 Å². The lowest BCUT2D eigenvalue weighted by molar-refractivity contribution is -0.460. The Bertz CT molecular complexity index is 574. The van der Waals surface area contributed by atoms with E-state index in [4.69, 9.17) is 24.4 Å². The van der Waals surface area contributed by atoms with Gasteiger partial charge in [0.15, 0.2) is 0 Å². The van der Waals surface area contributed by atoms with Crippen LogP contribution in [0.25, 0.3) is 0 Å². The lowest BCUT2D eigenvalue weighted by Crippen LogP contribution is -2.22. The van der Waals surface area contributed by atoms with Crippen LogP contribution < -0.4 is 0 Å². The Morgan fingerprint density at radius 2 is 2.12 bits per heavy atom. The van der Waals surface area contributed by atoms with E-state index in [1.54, 1.807) is 6.07 Å². The summed E-state index contributed by atoms with van der Waals surface area (Å²) in [5, 5.41) is 20.6. The monoisotopic (exact) mass is 342 g/mol. The molecule has 132 valence electrons. The zero-order chi connectivity index (χ0) is 17.4. The highest BCUT2D eigenvalue weighted by Crippen LogP contribution is 2.20. The summed E-state index contributed by atoms with van der Waals surface area (Å²) in [6.45, 7) is 0.714. The number of carbonyl (C=O) groups excluding carboxylic acids is 1. The molecule has 1 aliphatic heterocycles. The molecule has 1 aromatic rings. The fourth-order valence-electron chi connectivity index (χ4n) is 1.95. The van der Waals surface area contributed by atoms with Gasteiger partial charge >= 0.3 is 5.97 Å². The molecule has 0 bridgehead atoms. The first-order valence-corrected chi connectivity index (χ1v) is 7.31. The van der Waals surface area contributed by atoms with Crippen molar-refractivity contribution in [1.29, 1.82) is 0 Å². The van der Waals surface area contributed by atoms with E-state index in [-0.39, 0.29) is 30.9 Å². The third-order valence-electron chi connectivity index (χ3n) is 3.11. The number of aliphatic hydroxyl groups is 1. The van der Waals surface area contributed by atoms with Crippen molar-refractivity contribution in [3.05, 3.63) is 39.4 Å². The molecule has 0 amide bonds. The van der Waals surface area contributed by atoms with Crippen molar-refractivity contribution in [2.24, 2.45) is 0 Å². The second-order valence-corrected chi connectivity index (χ2v) is 4.89. The smallest absolute Gasteiger partial charge is 0.330 e. The predicted octanol–water partition coefficient (Wildman–Crippen LogP) is 1.02. The highest BCUT2D eigenvalue weighted by Gasteiger charge is 2.18. The van der Waals surface area contributed by atoms with Gasteiger partial charge in [-0.2, -0.15) is 0 Å². The van der Waals surface area contributed by atoms with E-state index in [9.17, 15) is 14.9 Å². The number of ether oxygens (including phenoxy) is 1. The SMILES string of the molecule is O=C(CCCOCc1ccc(CO)c([N+](=O)[O-])c1)ON1OCCO1. The van der Waals surface area contributed by atoms with E-state index >= 15 is 0 Å². The van der Waals surface area contributed by atoms with Gasteiger partial charge < -0.3 is 14.7 Å². The van der Waals surface area contributed by atoms with Crippen molar-refractivity contribution >= 4 is 11.7 Å². The standard InChI is InChI=1S/C14H18N2O8/c17-9-12-4-3-11(8-13(12)15(19)20)10-21-5-1-2-14(18)24-16-22-6-7-23-16/h3-4,8,17H,1-2,5-7,9-10H2. The molecule has 1 aliphatic rings. The van der Waals surface area contributed by atoms with Crippen LogP contribution in [0.15, 0.2) is 18.2 Å². The molecule has 0 atom stereocenters. The summed E-state index contributed by atoms with van der Waals surface area (Å²) in [5.74, 6) is -0.511. The normalized spacial score (nSPS) is 14.7. The molecule has 0 spiro atoms. The van der Waals surface area contributed by atoms with Crippen LogP contribution in [0, 0.1) is 10.1 Å². The summed E-state index contributed by atoms with van der Waals surface area (Å²) in [7, 11) is 0. The van der Waals surface area contributed by atoms with Gasteiger partial charge in [-0.15, -0.1) is 0 Å². The van der Waals surface area contributed by atoms with Gasteiger partial charge in [0, 0.05) is 19.1 Å². The van der Waals surface area contributed by atoms with Gasteiger partial charge in [-0.05, 0) is 18.1 Å². The van der Waals surface area contributed by atoms with Crippen LogP contribution in [-0.2, 0) is 37.3 Å². The van der Waals surface area contributed by atoms with Crippen LogP contribution >= 0.6 is 0 Å². The Morgan fingerprint density at radius 3 is 2.79 bits per heavy atom. The molecule has 1 heterocycles. The molecule has 0 aromatic heterocycles. The van der Waals surface area contributed by atoms with E-state index in [0.717, 1.165) is 0 Å². The lowest BCUT2D eigenvalue weighted by atomic mass is 10.1. The largest absolute Gasteiger partial charge is 0.391 e. The Morgan fingerprint density at radius 1 is 1.38 bits per heavy atom. The third kappa shape index (κ3) is 5.51. The molecule has 0 unspecified atom stereocenters. The summed E-state index contributed by atoms with van der Waals surface area (Å²) in [6.07, 6.45) is 0.538. The van der Waals surface area contributed by atoms with Gasteiger partial charge in [0.25, 0.3) is 5.69 Å². The molecule has 0 saturated carbocycles. The first kappa shape index (κ1) is 18.2. The molecular weight excluding hydrogens is 324 g/mol. The van der Waals surface area contributed by atoms with Crippen molar-refractivity contribution in [2.75, 3.05) is 19.8 Å². The van der Waals surface area contributed by atoms with E-state index in [1.165, 1.54) is 12.1 Å². The van der Waals surface area contributed by atoms with Crippen LogP contribution in [0.5, 0.6) is 0 Å². The number of hydrogen-bond donors (Lipinski definition) is 1. The predicted molar refractivity (Wildman–Crippen MR) is 77.7 cm³/mol. The molecule has 2 rings (SSSR count). The summed E-state index contributed by atoms with van der Waals surface area (Å²) >= 11 is 0. The van der Waals surface area contributed by atoms with E-state index in [0.29, 0.717) is 30.6 Å². The summed E-state index contributed by atoms with van der Waals surface area (Å²) < 4.78 is 5.38. The van der Waals surface area contributed by atoms with Crippen molar-refractivity contribution in [3.8, 4) is 0 Å². The highest BCUT2D eigenvalue weighted by molar-refractivity contribution is 5.68. The number of nitrogens with zero attached hydrogens (tertiary/aromatic N) is 2. The molecule has 10 heteroatoms. The fraction of sp³-hybridized carbons (Fsp3) is 0.500. The van der Waals surface area contributed by atoms with E-state index in [1.807, 2.05) is 0 Å². The first-order chi connectivity index (χ1) is 11.6. The lowest BCUT2D eigenvalue weighted by Gasteiger charge is -2.10. The van der Waals surface area contributed by atoms with E-state index < -0.39 is 17.5 Å². The quantitative estimate of drug-likeness (QED) is 0.398.